The number of carbonyl (C=O) groups excluding carboxylic acids is 1. The van der Waals surface area contributed by atoms with E-state index in [2.05, 4.69) is 37.5 Å². The largest absolute Gasteiger partial charge is 0.378 e. The van der Waals surface area contributed by atoms with E-state index in [1.165, 1.54) is 31.3 Å². The van der Waals surface area contributed by atoms with Crippen LogP contribution >= 0.6 is 0 Å². The highest BCUT2D eigenvalue weighted by Crippen LogP contribution is 2.23. The van der Waals surface area contributed by atoms with Crippen molar-refractivity contribution in [3.63, 3.8) is 0 Å². The molecule has 1 aromatic rings. The average Bonchev–Trinajstić information content (AvgIpc) is 2.80. The third-order valence-electron chi connectivity index (χ3n) is 6.29. The predicted octanol–water partition coefficient (Wildman–Crippen LogP) is 2.54. The van der Waals surface area contributed by atoms with E-state index in [1.54, 1.807) is 0 Å². The molecule has 2 saturated heterocycles. The van der Waals surface area contributed by atoms with Crippen LogP contribution in [0.4, 0.5) is 11.6 Å². The van der Waals surface area contributed by atoms with Crippen LogP contribution in [0.2, 0.25) is 0 Å². The zero-order chi connectivity index (χ0) is 19.9. The van der Waals surface area contributed by atoms with E-state index in [-0.39, 0.29) is 11.8 Å². The maximum absolute atomic E-state index is 12.5. The molecule has 7 heteroatoms. The van der Waals surface area contributed by atoms with Crippen molar-refractivity contribution in [1.29, 1.82) is 0 Å². The van der Waals surface area contributed by atoms with Crippen molar-refractivity contribution in [2.45, 2.75) is 44.9 Å². The molecule has 1 aliphatic carbocycles. The maximum Gasteiger partial charge on any atom is 0.223 e. The van der Waals surface area contributed by atoms with E-state index in [1.807, 2.05) is 6.07 Å². The molecule has 0 unspecified atom stereocenters. The van der Waals surface area contributed by atoms with Gasteiger partial charge in [0.05, 0.1) is 13.2 Å². The third kappa shape index (κ3) is 5.47. The number of aromatic nitrogens is 2. The molecule has 1 aromatic heterocycles. The fourth-order valence-electron chi connectivity index (χ4n) is 4.44. The molecule has 0 radical (unpaired) electrons. The molecule has 0 saturated carbocycles. The van der Waals surface area contributed by atoms with E-state index >= 15 is 0 Å². The number of ether oxygens (including phenoxy) is 1. The first-order valence-electron chi connectivity index (χ1n) is 11.2. The Balaban J connectivity index is 1.20. The molecule has 2 aliphatic heterocycles. The second kappa shape index (κ2) is 10.1. The normalized spacial score (nSPS) is 21.0. The monoisotopic (exact) mass is 399 g/mol. The predicted molar refractivity (Wildman–Crippen MR) is 114 cm³/mol. The summed E-state index contributed by atoms with van der Waals surface area (Å²) in [5.74, 6) is 2.16. The quantitative estimate of drug-likeness (QED) is 0.742. The average molecular weight is 400 g/mol. The van der Waals surface area contributed by atoms with E-state index in [0.717, 1.165) is 76.8 Å². The number of amides is 1. The number of hydrogen-bond donors (Lipinski definition) is 1. The molecular formula is C22H33N5O2. The van der Waals surface area contributed by atoms with Crippen molar-refractivity contribution in [1.82, 2.24) is 15.5 Å². The number of morpholine rings is 1. The van der Waals surface area contributed by atoms with Gasteiger partial charge in [-0.1, -0.05) is 11.6 Å². The van der Waals surface area contributed by atoms with Gasteiger partial charge in [0.2, 0.25) is 5.91 Å². The first kappa shape index (κ1) is 20.1. The zero-order valence-corrected chi connectivity index (χ0v) is 17.3. The molecule has 158 valence electrons. The summed E-state index contributed by atoms with van der Waals surface area (Å²) >= 11 is 0. The number of nitrogens with zero attached hydrogens (tertiary/aromatic N) is 4. The van der Waals surface area contributed by atoms with Crippen LogP contribution < -0.4 is 15.1 Å². The third-order valence-corrected chi connectivity index (χ3v) is 6.29. The van der Waals surface area contributed by atoms with Gasteiger partial charge in [0, 0.05) is 38.6 Å². The maximum atomic E-state index is 12.5. The molecule has 0 atom stereocenters. The first-order valence-corrected chi connectivity index (χ1v) is 11.2. The Kier molecular flexibility index (Phi) is 6.98. The number of allylic oxidation sites excluding steroid dienone is 1. The Labute approximate surface area is 173 Å². The number of carbonyl (C=O) groups is 1. The topological polar surface area (TPSA) is 70.6 Å². The van der Waals surface area contributed by atoms with Gasteiger partial charge >= 0.3 is 0 Å². The molecule has 0 bridgehead atoms. The van der Waals surface area contributed by atoms with E-state index in [0.29, 0.717) is 0 Å². The van der Waals surface area contributed by atoms with Crippen molar-refractivity contribution in [2.24, 2.45) is 5.92 Å². The summed E-state index contributed by atoms with van der Waals surface area (Å²) in [5.41, 5.74) is 1.52. The van der Waals surface area contributed by atoms with Gasteiger partial charge in [0.25, 0.3) is 0 Å². The van der Waals surface area contributed by atoms with Gasteiger partial charge < -0.3 is 19.9 Å². The lowest BCUT2D eigenvalue weighted by Crippen LogP contribution is -2.41. The highest BCUT2D eigenvalue weighted by atomic mass is 16.5. The minimum atomic E-state index is 0.118. The molecule has 3 aliphatic rings. The van der Waals surface area contributed by atoms with Crippen LogP contribution in [0.15, 0.2) is 23.8 Å². The van der Waals surface area contributed by atoms with Crippen LogP contribution in [0.1, 0.15) is 44.9 Å². The van der Waals surface area contributed by atoms with Crippen molar-refractivity contribution in [3.8, 4) is 0 Å². The lowest BCUT2D eigenvalue weighted by molar-refractivity contribution is -0.125. The molecule has 7 nitrogen and oxygen atoms in total. The lowest BCUT2D eigenvalue weighted by Gasteiger charge is -2.32. The van der Waals surface area contributed by atoms with E-state index in [9.17, 15) is 4.79 Å². The second-order valence-electron chi connectivity index (χ2n) is 8.26. The van der Waals surface area contributed by atoms with Crippen LogP contribution in [-0.4, -0.2) is 62.0 Å². The molecule has 1 amide bonds. The van der Waals surface area contributed by atoms with Gasteiger partial charge in [-0.05, 0) is 57.1 Å². The Morgan fingerprint density at radius 3 is 2.34 bits per heavy atom. The lowest BCUT2D eigenvalue weighted by atomic mass is 9.95. The molecule has 29 heavy (non-hydrogen) atoms. The number of hydrogen-bond acceptors (Lipinski definition) is 6. The Hall–Kier alpha value is -2.15. The van der Waals surface area contributed by atoms with Crippen LogP contribution in [0.3, 0.4) is 0 Å². The second-order valence-corrected chi connectivity index (χ2v) is 8.26. The fraction of sp³-hybridized carbons (Fsp3) is 0.682. The van der Waals surface area contributed by atoms with Gasteiger partial charge in [-0.2, -0.15) is 0 Å². The standard InChI is InChI=1S/C22H33N5O2/c28-22(23-11-8-18-4-2-1-3-5-18)19-9-12-26(13-10-19)20-6-7-21(25-24-20)27-14-16-29-17-15-27/h4,6-7,19H,1-3,5,8-17H2,(H,23,28). The number of rotatable bonds is 6. The number of anilines is 2. The number of piperidine rings is 1. The smallest absolute Gasteiger partial charge is 0.223 e. The summed E-state index contributed by atoms with van der Waals surface area (Å²) in [5, 5.41) is 12.0. The minimum absolute atomic E-state index is 0.118. The van der Waals surface area contributed by atoms with Gasteiger partial charge in [-0.15, -0.1) is 10.2 Å². The molecule has 0 spiro atoms. The number of nitrogens with one attached hydrogen (secondary N) is 1. The van der Waals surface area contributed by atoms with E-state index in [4.69, 9.17) is 4.74 Å². The Bertz CT molecular complexity index is 692. The fourth-order valence-corrected chi connectivity index (χ4v) is 4.44. The molecular weight excluding hydrogens is 366 g/mol. The summed E-state index contributed by atoms with van der Waals surface area (Å²) in [4.78, 5) is 17.0. The highest BCUT2D eigenvalue weighted by molar-refractivity contribution is 5.79. The van der Waals surface area contributed by atoms with Gasteiger partial charge in [-0.3, -0.25) is 4.79 Å². The molecule has 2 fully saturated rings. The Morgan fingerprint density at radius 2 is 1.72 bits per heavy atom. The van der Waals surface area contributed by atoms with Crippen LogP contribution in [0, 0.1) is 5.92 Å². The van der Waals surface area contributed by atoms with Crippen LogP contribution in [0.5, 0.6) is 0 Å². The van der Waals surface area contributed by atoms with Gasteiger partial charge in [0.15, 0.2) is 11.6 Å². The van der Waals surface area contributed by atoms with Gasteiger partial charge in [0.1, 0.15) is 0 Å². The summed E-state index contributed by atoms with van der Waals surface area (Å²) in [7, 11) is 0. The van der Waals surface area contributed by atoms with E-state index < -0.39 is 0 Å². The SMILES string of the molecule is O=C(NCCC1=CCCCC1)C1CCN(c2ccc(N3CCOCC3)nn2)CC1. The zero-order valence-electron chi connectivity index (χ0n) is 17.3. The molecule has 3 heterocycles. The van der Waals surface area contributed by atoms with Crippen molar-refractivity contribution >= 4 is 17.5 Å². The highest BCUT2D eigenvalue weighted by Gasteiger charge is 2.26. The van der Waals surface area contributed by atoms with Crippen LogP contribution in [-0.2, 0) is 9.53 Å². The minimum Gasteiger partial charge on any atom is -0.378 e. The first-order chi connectivity index (χ1) is 14.3. The summed E-state index contributed by atoms with van der Waals surface area (Å²) < 4.78 is 5.39. The van der Waals surface area contributed by atoms with Crippen molar-refractivity contribution in [3.05, 3.63) is 23.8 Å². The molecule has 0 aromatic carbocycles. The molecule has 1 N–H and O–H groups in total. The van der Waals surface area contributed by atoms with Crippen molar-refractivity contribution < 1.29 is 9.53 Å². The summed E-state index contributed by atoms with van der Waals surface area (Å²) in [6.45, 7) is 5.72. The van der Waals surface area contributed by atoms with Gasteiger partial charge in [-0.25, -0.2) is 0 Å². The molecule has 4 rings (SSSR count). The summed E-state index contributed by atoms with van der Waals surface area (Å²) in [6, 6.07) is 4.10. The summed E-state index contributed by atoms with van der Waals surface area (Å²) in [6.07, 6.45) is 10.2. The van der Waals surface area contributed by atoms with Crippen molar-refractivity contribution in [2.75, 3.05) is 55.7 Å². The van der Waals surface area contributed by atoms with Crippen LogP contribution in [0.25, 0.3) is 0 Å². The Morgan fingerprint density at radius 1 is 1.03 bits per heavy atom.